The molecule has 1 fully saturated rings. The van der Waals surface area contributed by atoms with Gasteiger partial charge in [-0.3, -0.25) is 0 Å². The Morgan fingerprint density at radius 2 is 0.512 bits per heavy atom. The third-order valence-corrected chi connectivity index (χ3v) is 12.4. The zero-order chi connectivity index (χ0) is 59.9. The molecule has 5 aromatic carbocycles. The molecular formula is C56H62O26. The summed E-state index contributed by atoms with van der Waals surface area (Å²) in [4.78, 5) is 73.5. The van der Waals surface area contributed by atoms with Crippen LogP contribution in [0.15, 0.2) is 60.7 Å². The van der Waals surface area contributed by atoms with Crippen LogP contribution in [0.25, 0.3) is 0 Å². The predicted octanol–water partition coefficient (Wildman–Crippen LogP) is 6.23. The van der Waals surface area contributed by atoms with Crippen molar-refractivity contribution in [3.63, 3.8) is 0 Å². The first-order chi connectivity index (χ1) is 39.5. The molecule has 442 valence electrons. The van der Waals surface area contributed by atoms with Gasteiger partial charge in [0.2, 0.25) is 41.1 Å². The van der Waals surface area contributed by atoms with Crippen molar-refractivity contribution < 1.29 is 123 Å². The summed E-state index contributed by atoms with van der Waals surface area (Å²) in [7, 11) is 19.9. The minimum absolute atomic E-state index is 0.00488. The van der Waals surface area contributed by atoms with Gasteiger partial charge in [0.05, 0.1) is 134 Å². The number of hydrogen-bond donors (Lipinski definition) is 0. The minimum atomic E-state index is -2.18. The summed E-state index contributed by atoms with van der Waals surface area (Å²) in [6, 6.07) is 12.6. The zero-order valence-electron chi connectivity index (χ0n) is 47.5. The Labute approximate surface area is 470 Å². The molecule has 26 heteroatoms. The molecule has 0 saturated carbocycles. The van der Waals surface area contributed by atoms with Crippen molar-refractivity contribution in [2.24, 2.45) is 0 Å². The number of ether oxygens (including phenoxy) is 21. The number of methoxy groups -OCH3 is 15. The van der Waals surface area contributed by atoms with Gasteiger partial charge in [-0.1, -0.05) is 0 Å². The molecule has 1 aliphatic heterocycles. The van der Waals surface area contributed by atoms with Gasteiger partial charge in [-0.15, -0.1) is 0 Å². The molecule has 82 heavy (non-hydrogen) atoms. The number of esters is 5. The first-order valence-corrected chi connectivity index (χ1v) is 24.2. The highest BCUT2D eigenvalue weighted by atomic mass is 16.7. The van der Waals surface area contributed by atoms with Crippen molar-refractivity contribution in [2.75, 3.05) is 113 Å². The standard InChI is InChI=1S/C56H62O26/c1-62-32-16-27(17-33(63-2)43(32)72-11)51(57)77-26-42-48(79-52(58)28-18-34(64-3)44(73-12)35(19-28)65-4)49(80-53(59)29-20-36(66-5)45(74-13)37(21-29)67-6)50(81-54(60)30-22-38(68-7)46(75-14)39(23-30)69-8)56(78-42)82-55(61)31-24-40(70-9)47(76-15)41(25-31)71-10/h16-25,42,48-50,56H,26H2,1-15H3/t42-,48-,49+,50-,56-/m1/s1. The number of carbonyl (C=O) groups excluding carboxylic acids is 5. The molecule has 5 aromatic rings. The zero-order valence-corrected chi connectivity index (χ0v) is 47.5. The van der Waals surface area contributed by atoms with E-state index < -0.39 is 67.2 Å². The molecule has 0 radical (unpaired) electrons. The molecule has 1 saturated heterocycles. The summed E-state index contributed by atoms with van der Waals surface area (Å²) < 4.78 is 120. The fourth-order valence-corrected chi connectivity index (χ4v) is 8.49. The van der Waals surface area contributed by atoms with Crippen LogP contribution in [-0.4, -0.2) is 174 Å². The fourth-order valence-electron chi connectivity index (χ4n) is 8.49. The van der Waals surface area contributed by atoms with E-state index in [0.717, 1.165) is 0 Å². The van der Waals surface area contributed by atoms with Crippen LogP contribution in [-0.2, 0) is 28.4 Å². The Balaban J connectivity index is 1.62. The number of benzene rings is 5. The van der Waals surface area contributed by atoms with E-state index in [0.29, 0.717) is 0 Å². The first kappa shape index (κ1) is 61.6. The van der Waals surface area contributed by atoms with Gasteiger partial charge in [-0.05, 0) is 60.7 Å². The maximum absolute atomic E-state index is 15.0. The van der Waals surface area contributed by atoms with Crippen molar-refractivity contribution in [1.82, 2.24) is 0 Å². The van der Waals surface area contributed by atoms with Gasteiger partial charge in [0.25, 0.3) is 0 Å². The molecule has 6 rings (SSSR count). The lowest BCUT2D eigenvalue weighted by atomic mass is 9.97. The quantitative estimate of drug-likeness (QED) is 0.0438. The van der Waals surface area contributed by atoms with Gasteiger partial charge in [0.15, 0.2) is 69.7 Å². The second-order valence-corrected chi connectivity index (χ2v) is 16.7. The van der Waals surface area contributed by atoms with E-state index in [1.54, 1.807) is 0 Å². The van der Waals surface area contributed by atoms with Crippen LogP contribution in [0, 0.1) is 0 Å². The van der Waals surface area contributed by atoms with Gasteiger partial charge in [-0.2, -0.15) is 0 Å². The molecule has 1 heterocycles. The molecule has 0 bridgehead atoms. The molecule has 1 aliphatic rings. The SMILES string of the molecule is COc1cc(C(=O)OC[C@H]2O[C@H](OC(=O)c3cc(OC)c(OC)c(OC)c3)[C@H](OC(=O)c3cc(OC)c(OC)c(OC)c3)[C@@H](OC(=O)c3cc(OC)c(OC)c(OC)c3)[C@@H]2OC(=O)c2cc(OC)c(OC)c(OC)c2)cc(OC)c1OC. The van der Waals surface area contributed by atoms with Gasteiger partial charge < -0.3 is 99.5 Å². The summed E-state index contributed by atoms with van der Waals surface area (Å²) in [5.74, 6) is -5.00. The molecule has 26 nitrogen and oxygen atoms in total. The van der Waals surface area contributed by atoms with E-state index >= 15 is 0 Å². The third-order valence-electron chi connectivity index (χ3n) is 12.4. The maximum atomic E-state index is 15.0. The van der Waals surface area contributed by atoms with E-state index in [9.17, 15) is 24.0 Å². The van der Waals surface area contributed by atoms with E-state index in [1.807, 2.05) is 0 Å². The lowest BCUT2D eigenvalue weighted by molar-refractivity contribution is -0.282. The average Bonchev–Trinajstić information content (AvgIpc) is 3.61. The van der Waals surface area contributed by atoms with Gasteiger partial charge >= 0.3 is 29.8 Å². The molecule has 0 unspecified atom stereocenters. The van der Waals surface area contributed by atoms with Crippen molar-refractivity contribution >= 4 is 29.8 Å². The van der Waals surface area contributed by atoms with Crippen LogP contribution in [0.3, 0.4) is 0 Å². The van der Waals surface area contributed by atoms with E-state index in [1.165, 1.54) is 167 Å². The second kappa shape index (κ2) is 28.0. The van der Waals surface area contributed by atoms with Crippen LogP contribution in [0.2, 0.25) is 0 Å². The van der Waals surface area contributed by atoms with Crippen LogP contribution < -0.4 is 71.1 Å². The molecule has 5 atom stereocenters. The Kier molecular flexibility index (Phi) is 21.1. The Hall–Kier alpha value is -9.59. The summed E-state index contributed by atoms with van der Waals surface area (Å²) in [5.41, 5.74) is -1.13. The van der Waals surface area contributed by atoms with Crippen molar-refractivity contribution in [3.05, 3.63) is 88.5 Å². The third kappa shape index (κ3) is 13.0. The Bertz CT molecular complexity index is 2990. The van der Waals surface area contributed by atoms with Crippen molar-refractivity contribution in [2.45, 2.75) is 30.7 Å². The van der Waals surface area contributed by atoms with Crippen LogP contribution in [0.1, 0.15) is 51.8 Å². The lowest BCUT2D eigenvalue weighted by Gasteiger charge is -2.44. The highest BCUT2D eigenvalue weighted by Crippen LogP contribution is 2.44. The van der Waals surface area contributed by atoms with Gasteiger partial charge in [0, 0.05) is 0 Å². The molecular weight excluding hydrogens is 1090 g/mol. The van der Waals surface area contributed by atoms with Crippen LogP contribution >= 0.6 is 0 Å². The normalized spacial score (nSPS) is 16.1. The van der Waals surface area contributed by atoms with Gasteiger partial charge in [0.1, 0.15) is 12.7 Å². The predicted molar refractivity (Wildman–Crippen MR) is 282 cm³/mol. The summed E-state index contributed by atoms with van der Waals surface area (Å²) in [6.45, 7) is -0.896. The highest BCUT2D eigenvalue weighted by molar-refractivity contribution is 5.95. The lowest BCUT2D eigenvalue weighted by Crippen LogP contribution is -2.63. The maximum Gasteiger partial charge on any atom is 0.340 e. The summed E-state index contributed by atoms with van der Waals surface area (Å²) in [6.07, 6.45) is -10.3. The van der Waals surface area contributed by atoms with E-state index in [-0.39, 0.29) is 114 Å². The number of carbonyl (C=O) groups is 5. The first-order valence-electron chi connectivity index (χ1n) is 24.2. The number of hydrogen-bond acceptors (Lipinski definition) is 26. The average molecular weight is 1150 g/mol. The van der Waals surface area contributed by atoms with E-state index in [2.05, 4.69) is 0 Å². The highest BCUT2D eigenvalue weighted by Gasteiger charge is 2.55. The van der Waals surface area contributed by atoms with Crippen LogP contribution in [0.5, 0.6) is 86.2 Å². The Morgan fingerprint density at radius 1 is 0.293 bits per heavy atom. The second-order valence-electron chi connectivity index (χ2n) is 16.7. The smallest absolute Gasteiger partial charge is 0.340 e. The molecule has 0 N–H and O–H groups in total. The minimum Gasteiger partial charge on any atom is -0.493 e. The monoisotopic (exact) mass is 1150 g/mol. The largest absolute Gasteiger partial charge is 0.493 e. The summed E-state index contributed by atoms with van der Waals surface area (Å²) >= 11 is 0. The molecule has 0 spiro atoms. The van der Waals surface area contributed by atoms with Gasteiger partial charge in [-0.25, -0.2) is 24.0 Å². The summed E-state index contributed by atoms with van der Waals surface area (Å²) in [5, 5.41) is 0. The number of rotatable bonds is 26. The van der Waals surface area contributed by atoms with Crippen LogP contribution in [0.4, 0.5) is 0 Å². The van der Waals surface area contributed by atoms with Crippen molar-refractivity contribution in [3.8, 4) is 86.2 Å². The molecule has 0 amide bonds. The van der Waals surface area contributed by atoms with E-state index in [4.69, 9.17) is 99.5 Å². The Morgan fingerprint density at radius 3 is 0.756 bits per heavy atom. The topological polar surface area (TPSA) is 279 Å². The fraction of sp³-hybridized carbons (Fsp3) is 0.375. The molecule has 0 aliphatic carbocycles. The molecule has 0 aromatic heterocycles. The van der Waals surface area contributed by atoms with Crippen molar-refractivity contribution in [1.29, 1.82) is 0 Å².